The average molecular weight is 640 g/mol. The van der Waals surface area contributed by atoms with Crippen LogP contribution in [-0.4, -0.2) is 108 Å². The maximum absolute atomic E-state index is 13.2. The lowest BCUT2D eigenvalue weighted by molar-refractivity contribution is -0.268. The lowest BCUT2D eigenvalue weighted by Gasteiger charge is -2.38. The Morgan fingerprint density at radius 1 is 0.667 bits per heavy atom. The molecule has 0 spiro atoms. The first-order chi connectivity index (χ1) is 21.3. The Morgan fingerprint density at radius 3 is 1.38 bits per heavy atom. The second kappa shape index (κ2) is 16.3. The van der Waals surface area contributed by atoms with Crippen molar-refractivity contribution >= 4 is 6.09 Å². The Balaban J connectivity index is 1.40. The topological polar surface area (TPSA) is 121 Å². The first kappa shape index (κ1) is 36.0. The van der Waals surface area contributed by atoms with Crippen LogP contribution in [-0.2, 0) is 54.0 Å². The molecule has 0 bridgehead atoms. The standard InChI is InChI=1S/C33H53NO11/c1-30(2)40-16-26(17-41-30)12-36-22-33(23-37-13-27-18-42-31(3,4)43-19-27,24-38-14-28-20-44-32(5,6)45-21-28)34-29(35)39-15-25-10-8-7-9-11-25/h7-11,26-28H,12-24H2,1-6H3,(H,34,35). The van der Waals surface area contributed by atoms with E-state index >= 15 is 0 Å². The molecule has 45 heavy (non-hydrogen) atoms. The predicted molar refractivity (Wildman–Crippen MR) is 163 cm³/mol. The molecule has 12 nitrogen and oxygen atoms in total. The zero-order valence-electron chi connectivity index (χ0n) is 27.8. The Labute approximate surface area is 267 Å². The molecule has 3 aliphatic heterocycles. The van der Waals surface area contributed by atoms with E-state index in [2.05, 4.69) is 5.32 Å². The number of hydrogen-bond donors (Lipinski definition) is 1. The lowest BCUT2D eigenvalue weighted by atomic mass is 10.0. The molecule has 1 aromatic carbocycles. The van der Waals surface area contributed by atoms with Gasteiger partial charge in [-0.05, 0) is 47.1 Å². The Morgan fingerprint density at radius 2 is 1.02 bits per heavy atom. The summed E-state index contributed by atoms with van der Waals surface area (Å²) < 4.78 is 59.1. The monoisotopic (exact) mass is 639 g/mol. The third kappa shape index (κ3) is 12.7. The number of ether oxygens (including phenoxy) is 10. The summed E-state index contributed by atoms with van der Waals surface area (Å²) in [5, 5.41) is 3.03. The third-order valence-electron chi connectivity index (χ3n) is 7.78. The predicted octanol–water partition coefficient (Wildman–Crippen LogP) is 3.90. The van der Waals surface area contributed by atoms with Crippen molar-refractivity contribution in [3.05, 3.63) is 35.9 Å². The van der Waals surface area contributed by atoms with Crippen molar-refractivity contribution < 1.29 is 52.2 Å². The van der Waals surface area contributed by atoms with Crippen molar-refractivity contribution in [3.63, 3.8) is 0 Å². The molecule has 3 saturated heterocycles. The van der Waals surface area contributed by atoms with E-state index in [9.17, 15) is 4.79 Å². The highest BCUT2D eigenvalue weighted by atomic mass is 16.7. The summed E-state index contributed by atoms with van der Waals surface area (Å²) in [5.41, 5.74) is -0.183. The molecule has 3 heterocycles. The van der Waals surface area contributed by atoms with Crippen molar-refractivity contribution in [3.8, 4) is 0 Å². The Hall–Kier alpha value is -1.87. The summed E-state index contributed by atoms with van der Waals surface area (Å²) in [5.74, 6) is -1.72. The van der Waals surface area contributed by atoms with Gasteiger partial charge >= 0.3 is 6.09 Å². The quantitative estimate of drug-likeness (QED) is 0.301. The number of rotatable bonds is 15. The van der Waals surface area contributed by atoms with Gasteiger partial charge in [-0.1, -0.05) is 30.3 Å². The number of hydrogen-bond acceptors (Lipinski definition) is 11. The molecule has 1 aromatic rings. The van der Waals surface area contributed by atoms with Crippen LogP contribution in [0.5, 0.6) is 0 Å². The maximum Gasteiger partial charge on any atom is 0.408 e. The zero-order valence-corrected chi connectivity index (χ0v) is 27.8. The van der Waals surface area contributed by atoms with Crippen LogP contribution in [0.4, 0.5) is 4.79 Å². The highest BCUT2D eigenvalue weighted by Gasteiger charge is 2.37. The summed E-state index contributed by atoms with van der Waals surface area (Å²) in [7, 11) is 0. The molecule has 0 radical (unpaired) electrons. The molecule has 0 aromatic heterocycles. The van der Waals surface area contributed by atoms with Gasteiger partial charge in [-0.3, -0.25) is 0 Å². The van der Waals surface area contributed by atoms with Gasteiger partial charge in [0.05, 0.1) is 79.3 Å². The van der Waals surface area contributed by atoms with Crippen LogP contribution >= 0.6 is 0 Å². The van der Waals surface area contributed by atoms with Gasteiger partial charge in [0.2, 0.25) is 0 Å². The van der Waals surface area contributed by atoms with Crippen LogP contribution in [0.2, 0.25) is 0 Å². The first-order valence-corrected chi connectivity index (χ1v) is 15.9. The molecule has 256 valence electrons. The van der Waals surface area contributed by atoms with Crippen LogP contribution in [0.25, 0.3) is 0 Å². The Bertz CT molecular complexity index is 921. The fourth-order valence-corrected chi connectivity index (χ4v) is 4.94. The summed E-state index contributed by atoms with van der Waals surface area (Å²) >= 11 is 0. The highest BCUT2D eigenvalue weighted by molar-refractivity contribution is 5.68. The molecule has 4 rings (SSSR count). The van der Waals surface area contributed by atoms with Crippen molar-refractivity contribution in [1.29, 1.82) is 0 Å². The summed E-state index contributed by atoms with van der Waals surface area (Å²) in [6.07, 6.45) is -0.599. The summed E-state index contributed by atoms with van der Waals surface area (Å²) in [6, 6.07) is 9.51. The largest absolute Gasteiger partial charge is 0.445 e. The molecule has 1 N–H and O–H groups in total. The molecule has 1 amide bonds. The molecule has 0 atom stereocenters. The number of nitrogens with one attached hydrogen (secondary N) is 1. The van der Waals surface area contributed by atoms with Gasteiger partial charge in [0.1, 0.15) is 12.1 Å². The molecular formula is C33H53NO11. The van der Waals surface area contributed by atoms with Gasteiger partial charge in [-0.2, -0.15) is 0 Å². The van der Waals surface area contributed by atoms with E-state index in [0.29, 0.717) is 59.5 Å². The number of alkyl carbamates (subject to hydrolysis) is 1. The fraction of sp³-hybridized carbons (Fsp3) is 0.788. The highest BCUT2D eigenvalue weighted by Crippen LogP contribution is 2.24. The first-order valence-electron chi connectivity index (χ1n) is 15.9. The van der Waals surface area contributed by atoms with Gasteiger partial charge < -0.3 is 52.7 Å². The van der Waals surface area contributed by atoms with Crippen LogP contribution < -0.4 is 5.32 Å². The van der Waals surface area contributed by atoms with Gasteiger partial charge in [0.15, 0.2) is 17.4 Å². The minimum Gasteiger partial charge on any atom is -0.445 e. The van der Waals surface area contributed by atoms with Crippen molar-refractivity contribution in [1.82, 2.24) is 5.32 Å². The molecule has 3 aliphatic rings. The van der Waals surface area contributed by atoms with Gasteiger partial charge in [0.25, 0.3) is 0 Å². The number of amides is 1. The molecule has 12 heteroatoms. The van der Waals surface area contributed by atoms with Gasteiger partial charge in [-0.15, -0.1) is 0 Å². The van der Waals surface area contributed by atoms with E-state index in [0.717, 1.165) is 5.56 Å². The third-order valence-corrected chi connectivity index (χ3v) is 7.78. The molecule has 0 saturated carbocycles. The van der Waals surface area contributed by atoms with E-state index in [4.69, 9.17) is 47.4 Å². The van der Waals surface area contributed by atoms with Crippen LogP contribution in [0.1, 0.15) is 47.1 Å². The normalized spacial score (nSPS) is 22.6. The van der Waals surface area contributed by atoms with E-state index in [1.165, 1.54) is 0 Å². The molecule has 0 unspecified atom stereocenters. The lowest BCUT2D eigenvalue weighted by Crippen LogP contribution is -2.59. The number of carbonyl (C=O) groups is 1. The summed E-state index contributed by atoms with van der Waals surface area (Å²) in [6.45, 7) is 16.0. The Kier molecular flexibility index (Phi) is 13.0. The molecule has 0 aliphatic carbocycles. The van der Waals surface area contributed by atoms with Crippen molar-refractivity contribution in [2.75, 3.05) is 79.3 Å². The summed E-state index contributed by atoms with van der Waals surface area (Å²) in [4.78, 5) is 13.2. The fourth-order valence-electron chi connectivity index (χ4n) is 4.94. The van der Waals surface area contributed by atoms with E-state index < -0.39 is 29.0 Å². The SMILES string of the molecule is CC1(C)OCC(COCC(COCC2COC(C)(C)OC2)(COCC2COC(C)(C)OC2)NC(=O)OCc2ccccc2)CO1. The van der Waals surface area contributed by atoms with Crippen LogP contribution in [0.15, 0.2) is 30.3 Å². The van der Waals surface area contributed by atoms with Crippen LogP contribution in [0, 0.1) is 17.8 Å². The zero-order chi connectivity index (χ0) is 32.4. The van der Waals surface area contributed by atoms with E-state index in [1.54, 1.807) is 0 Å². The van der Waals surface area contributed by atoms with Crippen molar-refractivity contribution in [2.45, 2.75) is 71.0 Å². The maximum atomic E-state index is 13.2. The van der Waals surface area contributed by atoms with Crippen LogP contribution in [0.3, 0.4) is 0 Å². The second-order valence-electron chi connectivity index (χ2n) is 13.7. The smallest absolute Gasteiger partial charge is 0.408 e. The minimum absolute atomic E-state index is 0.0439. The minimum atomic E-state index is -1.06. The van der Waals surface area contributed by atoms with Crippen molar-refractivity contribution in [2.24, 2.45) is 17.8 Å². The van der Waals surface area contributed by atoms with Gasteiger partial charge in [-0.25, -0.2) is 4.79 Å². The average Bonchev–Trinajstić information content (AvgIpc) is 2.99. The second-order valence-corrected chi connectivity index (χ2v) is 13.7. The molecule has 3 fully saturated rings. The van der Waals surface area contributed by atoms with E-state index in [-0.39, 0.29) is 44.2 Å². The van der Waals surface area contributed by atoms with Gasteiger partial charge in [0, 0.05) is 17.8 Å². The number of carbonyl (C=O) groups excluding carboxylic acids is 1. The van der Waals surface area contributed by atoms with E-state index in [1.807, 2.05) is 71.9 Å². The number of benzene rings is 1. The molecular weight excluding hydrogens is 586 g/mol.